The molecule has 7 heteroatoms. The molecule has 1 N–H and O–H groups in total. The summed E-state index contributed by atoms with van der Waals surface area (Å²) < 4.78 is 39.1. The van der Waals surface area contributed by atoms with Crippen LogP contribution in [0.5, 0.6) is 0 Å². The van der Waals surface area contributed by atoms with E-state index in [4.69, 9.17) is 0 Å². The number of aromatic nitrogens is 2. The van der Waals surface area contributed by atoms with Crippen LogP contribution >= 0.6 is 0 Å². The molecule has 0 aliphatic heterocycles. The lowest BCUT2D eigenvalue weighted by Gasteiger charge is -2.19. The van der Waals surface area contributed by atoms with E-state index in [0.717, 1.165) is 6.07 Å². The smallest absolute Gasteiger partial charge is 0.344 e. The summed E-state index contributed by atoms with van der Waals surface area (Å²) >= 11 is 0. The van der Waals surface area contributed by atoms with E-state index in [9.17, 15) is 18.0 Å². The molecule has 0 aliphatic rings. The van der Waals surface area contributed by atoms with Gasteiger partial charge >= 0.3 is 6.18 Å². The van der Waals surface area contributed by atoms with Crippen molar-refractivity contribution in [1.29, 1.82) is 0 Å². The molecule has 0 fully saturated rings. The number of aryl methyl sites for hydroxylation is 2. The molecule has 1 amide bonds. The highest BCUT2D eigenvalue weighted by molar-refractivity contribution is 5.92. The second-order valence-electron chi connectivity index (χ2n) is 5.22. The van der Waals surface area contributed by atoms with E-state index in [1.807, 2.05) is 0 Å². The first kappa shape index (κ1) is 16.9. The summed E-state index contributed by atoms with van der Waals surface area (Å²) in [5.74, 6) is -0.110. The van der Waals surface area contributed by atoms with Crippen LogP contribution in [0.2, 0.25) is 0 Å². The summed E-state index contributed by atoms with van der Waals surface area (Å²) in [7, 11) is 0. The fraction of sp³-hybridized carbons (Fsp3) is 0.312. The van der Waals surface area contributed by atoms with Crippen molar-refractivity contribution in [3.63, 3.8) is 0 Å². The molecule has 0 saturated heterocycles. The van der Waals surface area contributed by atoms with E-state index in [-0.39, 0.29) is 11.3 Å². The number of carbonyl (C=O) groups excluding carboxylic acids is 1. The Balaban J connectivity index is 2.26. The van der Waals surface area contributed by atoms with Crippen LogP contribution in [0.4, 0.5) is 13.2 Å². The highest BCUT2D eigenvalue weighted by Gasteiger charge is 2.34. The first-order chi connectivity index (χ1) is 10.7. The molecule has 4 nitrogen and oxygen atoms in total. The van der Waals surface area contributed by atoms with E-state index in [1.165, 1.54) is 31.2 Å². The summed E-state index contributed by atoms with van der Waals surface area (Å²) in [5.41, 5.74) is -0.00367. The van der Waals surface area contributed by atoms with E-state index in [2.05, 4.69) is 15.3 Å². The van der Waals surface area contributed by atoms with Gasteiger partial charge in [0, 0.05) is 5.69 Å². The number of halogens is 3. The van der Waals surface area contributed by atoms with E-state index in [0.29, 0.717) is 11.5 Å². The van der Waals surface area contributed by atoms with Crippen molar-refractivity contribution < 1.29 is 18.0 Å². The molecule has 0 bridgehead atoms. The fourth-order valence-corrected chi connectivity index (χ4v) is 2.31. The number of alkyl halides is 3. The van der Waals surface area contributed by atoms with E-state index < -0.39 is 23.7 Å². The molecule has 1 unspecified atom stereocenters. The second kappa shape index (κ2) is 6.36. The normalized spacial score (nSPS) is 12.8. The summed E-state index contributed by atoms with van der Waals surface area (Å²) in [6, 6.07) is 5.85. The van der Waals surface area contributed by atoms with Crippen LogP contribution in [0.1, 0.15) is 46.1 Å². The summed E-state index contributed by atoms with van der Waals surface area (Å²) in [5, 5.41) is 2.55. The number of nitrogens with one attached hydrogen (secondary N) is 1. The zero-order valence-corrected chi connectivity index (χ0v) is 12.9. The third-order valence-corrected chi connectivity index (χ3v) is 3.28. The van der Waals surface area contributed by atoms with Gasteiger partial charge in [0.2, 0.25) is 0 Å². The lowest BCUT2D eigenvalue weighted by Crippen LogP contribution is -2.29. The Kier molecular flexibility index (Phi) is 4.68. The van der Waals surface area contributed by atoms with Crippen molar-refractivity contribution in [2.24, 2.45) is 0 Å². The number of amides is 1. The maximum absolute atomic E-state index is 13.0. The predicted molar refractivity (Wildman–Crippen MR) is 78.8 cm³/mol. The molecule has 23 heavy (non-hydrogen) atoms. The molecular weight excluding hydrogens is 307 g/mol. The van der Waals surface area contributed by atoms with Crippen molar-refractivity contribution >= 4 is 5.91 Å². The van der Waals surface area contributed by atoms with Gasteiger partial charge in [0.15, 0.2) is 0 Å². The molecule has 1 atom stereocenters. The topological polar surface area (TPSA) is 54.9 Å². The molecule has 0 radical (unpaired) electrons. The Morgan fingerprint density at radius 2 is 1.83 bits per heavy atom. The monoisotopic (exact) mass is 323 g/mol. The summed E-state index contributed by atoms with van der Waals surface area (Å²) in [6.07, 6.45) is -4.47. The van der Waals surface area contributed by atoms with Gasteiger partial charge in [-0.1, -0.05) is 18.2 Å². The van der Waals surface area contributed by atoms with Crippen molar-refractivity contribution in [2.75, 3.05) is 0 Å². The molecule has 1 aromatic carbocycles. The first-order valence-electron chi connectivity index (χ1n) is 6.97. The number of carbonyl (C=O) groups is 1. The number of hydrogen-bond acceptors (Lipinski definition) is 3. The minimum absolute atomic E-state index is 0.0100. The molecule has 0 aliphatic carbocycles. The molecule has 122 valence electrons. The Hall–Kier alpha value is -2.44. The third kappa shape index (κ3) is 4.06. The molecule has 2 aromatic rings. The van der Waals surface area contributed by atoms with E-state index >= 15 is 0 Å². The van der Waals surface area contributed by atoms with Crippen LogP contribution in [-0.4, -0.2) is 15.9 Å². The Labute approximate surface area is 131 Å². The van der Waals surface area contributed by atoms with Gasteiger partial charge < -0.3 is 5.32 Å². The maximum atomic E-state index is 13.0. The van der Waals surface area contributed by atoms with Crippen LogP contribution in [-0.2, 0) is 6.18 Å². The van der Waals surface area contributed by atoms with Crippen molar-refractivity contribution in [2.45, 2.75) is 33.0 Å². The van der Waals surface area contributed by atoms with Crippen LogP contribution in [0, 0.1) is 13.8 Å². The Bertz CT molecular complexity index is 709. The fourth-order valence-electron chi connectivity index (χ4n) is 2.31. The van der Waals surface area contributed by atoms with Gasteiger partial charge in [-0.05, 0) is 38.5 Å². The number of nitrogens with zero attached hydrogens (tertiary/aromatic N) is 2. The molecular formula is C16H16F3N3O. The third-order valence-electron chi connectivity index (χ3n) is 3.28. The number of benzene rings is 1. The number of rotatable bonds is 3. The van der Waals surface area contributed by atoms with Gasteiger partial charge in [0.05, 0.1) is 11.6 Å². The summed E-state index contributed by atoms with van der Waals surface area (Å²) in [6.45, 7) is 4.86. The van der Waals surface area contributed by atoms with Gasteiger partial charge in [0.25, 0.3) is 5.91 Å². The highest BCUT2D eigenvalue weighted by Crippen LogP contribution is 2.34. The van der Waals surface area contributed by atoms with Gasteiger partial charge in [-0.25, -0.2) is 9.97 Å². The van der Waals surface area contributed by atoms with Crippen LogP contribution in [0.3, 0.4) is 0 Å². The Morgan fingerprint density at radius 3 is 2.43 bits per heavy atom. The van der Waals surface area contributed by atoms with Crippen LogP contribution < -0.4 is 5.32 Å². The molecule has 1 heterocycles. The first-order valence-corrected chi connectivity index (χ1v) is 6.97. The lowest BCUT2D eigenvalue weighted by atomic mass is 10.0. The SMILES string of the molecule is Cc1cc(C(=O)NC(C)c2ccccc2C(F)(F)F)nc(C)n1. The van der Waals surface area contributed by atoms with Gasteiger partial charge in [0.1, 0.15) is 11.5 Å². The van der Waals surface area contributed by atoms with E-state index in [1.54, 1.807) is 13.8 Å². The minimum Gasteiger partial charge on any atom is -0.344 e. The summed E-state index contributed by atoms with van der Waals surface area (Å²) in [4.78, 5) is 20.3. The van der Waals surface area contributed by atoms with Gasteiger partial charge in [-0.15, -0.1) is 0 Å². The maximum Gasteiger partial charge on any atom is 0.416 e. The molecule has 0 saturated carbocycles. The minimum atomic E-state index is -4.47. The average Bonchev–Trinajstić information content (AvgIpc) is 2.45. The largest absolute Gasteiger partial charge is 0.416 e. The number of hydrogen-bond donors (Lipinski definition) is 1. The Morgan fingerprint density at radius 1 is 1.17 bits per heavy atom. The molecule has 2 rings (SSSR count). The highest BCUT2D eigenvalue weighted by atomic mass is 19.4. The van der Waals surface area contributed by atoms with Crippen molar-refractivity contribution in [3.8, 4) is 0 Å². The zero-order valence-electron chi connectivity index (χ0n) is 12.9. The van der Waals surface area contributed by atoms with Crippen molar-refractivity contribution in [3.05, 3.63) is 58.7 Å². The van der Waals surface area contributed by atoms with Crippen LogP contribution in [0.15, 0.2) is 30.3 Å². The van der Waals surface area contributed by atoms with Crippen molar-refractivity contribution in [1.82, 2.24) is 15.3 Å². The van der Waals surface area contributed by atoms with Gasteiger partial charge in [-0.2, -0.15) is 13.2 Å². The standard InChI is InChI=1S/C16H16F3N3O/c1-9-8-14(22-11(3)20-9)15(23)21-10(2)12-6-4-5-7-13(12)16(17,18)19/h4-8,10H,1-3H3,(H,21,23). The predicted octanol–water partition coefficient (Wildman–Crippen LogP) is 3.60. The average molecular weight is 323 g/mol. The van der Waals surface area contributed by atoms with Crippen LogP contribution in [0.25, 0.3) is 0 Å². The van der Waals surface area contributed by atoms with Gasteiger partial charge in [-0.3, -0.25) is 4.79 Å². The second-order valence-corrected chi connectivity index (χ2v) is 5.22. The quantitative estimate of drug-likeness (QED) is 0.939. The molecule has 1 aromatic heterocycles. The lowest BCUT2D eigenvalue weighted by molar-refractivity contribution is -0.138. The zero-order chi connectivity index (χ0) is 17.2. The molecule has 0 spiro atoms.